The highest BCUT2D eigenvalue weighted by atomic mass is 32.2. The predicted octanol–water partition coefficient (Wildman–Crippen LogP) is 2.99. The Kier molecular flexibility index (Phi) is 5.53. The predicted molar refractivity (Wildman–Crippen MR) is 119 cm³/mol. The second-order valence-corrected chi connectivity index (χ2v) is 7.68. The Labute approximate surface area is 177 Å². The maximum absolute atomic E-state index is 12.4. The Morgan fingerprint density at radius 3 is 2.90 bits per heavy atom. The number of rotatable bonds is 5. The molecule has 4 rings (SSSR count). The molecule has 1 aliphatic heterocycles. The molecule has 0 bridgehead atoms. The number of thioether (sulfide) groups is 1. The first kappa shape index (κ1) is 19.7. The average Bonchev–Trinajstić information content (AvgIpc) is 3.20. The van der Waals surface area contributed by atoms with Gasteiger partial charge in [-0.05, 0) is 31.2 Å². The molecule has 0 aliphatic carbocycles. The van der Waals surface area contributed by atoms with Gasteiger partial charge in [-0.2, -0.15) is 5.10 Å². The quantitative estimate of drug-likeness (QED) is 0.375. The van der Waals surface area contributed by atoms with Crippen molar-refractivity contribution in [3.63, 3.8) is 0 Å². The first-order chi connectivity index (χ1) is 14.6. The summed E-state index contributed by atoms with van der Waals surface area (Å²) < 4.78 is 7.42. The van der Waals surface area contributed by atoms with Crippen molar-refractivity contribution in [2.75, 3.05) is 12.4 Å². The highest BCUT2D eigenvalue weighted by Crippen LogP contribution is 2.35. The summed E-state index contributed by atoms with van der Waals surface area (Å²) in [6.07, 6.45) is 5.15. The molecule has 0 saturated heterocycles. The van der Waals surface area contributed by atoms with E-state index in [-0.39, 0.29) is 5.91 Å². The smallest absolute Gasteiger partial charge is 0.259 e. The van der Waals surface area contributed by atoms with Crippen LogP contribution in [0.2, 0.25) is 0 Å². The van der Waals surface area contributed by atoms with Gasteiger partial charge in [0.1, 0.15) is 11.5 Å². The molecule has 1 aromatic heterocycles. The number of hydrazone groups is 1. The fourth-order valence-corrected chi connectivity index (χ4v) is 3.99. The van der Waals surface area contributed by atoms with Crippen molar-refractivity contribution in [3.05, 3.63) is 66.2 Å². The number of nitrogens with two attached hydrogens (primary N) is 1. The van der Waals surface area contributed by atoms with E-state index in [2.05, 4.69) is 20.4 Å². The van der Waals surface area contributed by atoms with Gasteiger partial charge in [-0.1, -0.05) is 30.0 Å². The van der Waals surface area contributed by atoms with Crippen LogP contribution in [-0.4, -0.2) is 39.9 Å². The number of carbonyl (C=O) groups is 1. The first-order valence-corrected chi connectivity index (χ1v) is 10.0. The number of aromatic nitrogens is 2. The van der Waals surface area contributed by atoms with Crippen LogP contribution in [0, 0.1) is 6.92 Å². The van der Waals surface area contributed by atoms with Gasteiger partial charge in [-0.15, -0.1) is 0 Å². The van der Waals surface area contributed by atoms with Gasteiger partial charge in [-0.3, -0.25) is 9.79 Å². The summed E-state index contributed by atoms with van der Waals surface area (Å²) in [6, 6.07) is 13.2. The number of imidazole rings is 1. The zero-order valence-corrected chi connectivity index (χ0v) is 17.3. The van der Waals surface area contributed by atoms with Crippen molar-refractivity contribution in [2.24, 2.45) is 15.9 Å². The van der Waals surface area contributed by atoms with E-state index >= 15 is 0 Å². The number of aliphatic imine (C=N–C) groups is 1. The molecular formula is C21H20N6O2S. The van der Waals surface area contributed by atoms with Gasteiger partial charge < -0.3 is 20.5 Å². The molecule has 8 nitrogen and oxygen atoms in total. The molecule has 3 N–H and O–H groups in total. The largest absolute Gasteiger partial charge is 0.495 e. The number of carbonyl (C=O) groups excluding carboxylic acids is 1. The second-order valence-electron chi connectivity index (χ2n) is 6.56. The van der Waals surface area contributed by atoms with Crippen molar-refractivity contribution in [3.8, 4) is 11.4 Å². The van der Waals surface area contributed by atoms with Gasteiger partial charge in [0, 0.05) is 16.7 Å². The first-order valence-electron chi connectivity index (χ1n) is 9.16. The van der Waals surface area contributed by atoms with Gasteiger partial charge in [0.2, 0.25) is 0 Å². The summed E-state index contributed by atoms with van der Waals surface area (Å²) in [6.45, 7) is 1.92. The Morgan fingerprint density at radius 1 is 1.33 bits per heavy atom. The number of nitrogens with one attached hydrogen (secondary N) is 1. The molecule has 2 heterocycles. The Hall–Kier alpha value is -3.59. The lowest BCUT2D eigenvalue weighted by Gasteiger charge is -2.21. The summed E-state index contributed by atoms with van der Waals surface area (Å²) in [5, 5.41) is 6.09. The number of benzene rings is 2. The van der Waals surface area contributed by atoms with E-state index < -0.39 is 5.37 Å². The Bertz CT molecular complexity index is 1150. The lowest BCUT2D eigenvalue weighted by molar-refractivity contribution is -0.115. The molecular weight excluding hydrogens is 400 g/mol. The van der Waals surface area contributed by atoms with Gasteiger partial charge in [-0.25, -0.2) is 4.98 Å². The van der Waals surface area contributed by atoms with Crippen LogP contribution in [0.3, 0.4) is 0 Å². The van der Waals surface area contributed by atoms with E-state index in [9.17, 15) is 4.79 Å². The van der Waals surface area contributed by atoms with Crippen LogP contribution in [0.25, 0.3) is 5.69 Å². The van der Waals surface area contributed by atoms with E-state index in [1.54, 1.807) is 13.4 Å². The fourth-order valence-electron chi connectivity index (χ4n) is 3.06. The summed E-state index contributed by atoms with van der Waals surface area (Å²) in [7, 11) is 1.60. The molecule has 1 aliphatic rings. The van der Waals surface area contributed by atoms with E-state index in [4.69, 9.17) is 10.6 Å². The number of para-hydroxylation sites is 1. The summed E-state index contributed by atoms with van der Waals surface area (Å²) in [5.74, 6) is 6.06. The molecule has 1 amide bonds. The monoisotopic (exact) mass is 420 g/mol. The Balaban J connectivity index is 1.58. The van der Waals surface area contributed by atoms with Crippen molar-refractivity contribution in [2.45, 2.75) is 17.2 Å². The molecule has 1 atom stereocenters. The molecule has 30 heavy (non-hydrogen) atoms. The van der Waals surface area contributed by atoms with Gasteiger partial charge in [0.05, 0.1) is 36.7 Å². The molecule has 0 saturated carbocycles. The molecule has 2 aromatic carbocycles. The maximum atomic E-state index is 12.4. The van der Waals surface area contributed by atoms with Crippen LogP contribution in [0.4, 0.5) is 5.69 Å². The summed E-state index contributed by atoms with van der Waals surface area (Å²) in [4.78, 5) is 22.0. The highest BCUT2D eigenvalue weighted by molar-refractivity contribution is 8.01. The average molecular weight is 420 g/mol. The van der Waals surface area contributed by atoms with Crippen LogP contribution in [-0.2, 0) is 4.79 Å². The topological polar surface area (TPSA) is 107 Å². The molecule has 0 fully saturated rings. The third-order valence-electron chi connectivity index (χ3n) is 4.54. The maximum Gasteiger partial charge on any atom is 0.259 e. The van der Waals surface area contributed by atoms with Crippen LogP contribution in [0.15, 0.2) is 70.0 Å². The standard InChI is InChI=1S/C21H20N6O2S/c1-13-11-27(12-24-13)17-8-7-14(9-18(17)29-2)16(26-22)10-23-21-20(28)25-15-5-3-4-6-19(15)30-21/h3-12,21H,22H2,1-2H3,(H,25,28)/b23-10+,26-16+. The van der Waals surface area contributed by atoms with E-state index in [1.165, 1.54) is 18.0 Å². The van der Waals surface area contributed by atoms with Crippen LogP contribution in [0.1, 0.15) is 11.3 Å². The SMILES string of the molecule is COc1cc(C(/C=N/C2Sc3ccccc3NC2=O)=N/N)ccc1-n1cnc(C)c1. The molecule has 0 radical (unpaired) electrons. The third-order valence-corrected chi connectivity index (χ3v) is 5.71. The number of methoxy groups -OCH3 is 1. The number of ether oxygens (including phenoxy) is 1. The van der Waals surface area contributed by atoms with E-state index in [0.717, 1.165) is 27.5 Å². The third kappa shape index (κ3) is 3.92. The number of amides is 1. The van der Waals surface area contributed by atoms with Crippen molar-refractivity contribution < 1.29 is 9.53 Å². The van der Waals surface area contributed by atoms with Gasteiger partial charge in [0.25, 0.3) is 5.91 Å². The minimum Gasteiger partial charge on any atom is -0.495 e. The van der Waals surface area contributed by atoms with Crippen LogP contribution >= 0.6 is 11.8 Å². The molecule has 1 unspecified atom stereocenters. The number of fused-ring (bicyclic) bond motifs is 1. The molecule has 3 aromatic rings. The number of anilines is 1. The van der Waals surface area contributed by atoms with Gasteiger partial charge in [0.15, 0.2) is 5.37 Å². The lowest BCUT2D eigenvalue weighted by Crippen LogP contribution is -2.28. The van der Waals surface area contributed by atoms with E-state index in [0.29, 0.717) is 11.5 Å². The normalized spacial score (nSPS) is 16.4. The molecule has 152 valence electrons. The summed E-state index contributed by atoms with van der Waals surface area (Å²) >= 11 is 1.38. The molecule has 0 spiro atoms. The number of nitrogens with zero attached hydrogens (tertiary/aromatic N) is 4. The molecule has 9 heteroatoms. The summed E-state index contributed by atoms with van der Waals surface area (Å²) in [5.41, 5.74) is 3.70. The minimum atomic E-state index is -0.619. The zero-order valence-electron chi connectivity index (χ0n) is 16.4. The van der Waals surface area contributed by atoms with Crippen molar-refractivity contribution in [1.82, 2.24) is 9.55 Å². The minimum absolute atomic E-state index is 0.185. The zero-order chi connectivity index (χ0) is 21.1. The second kappa shape index (κ2) is 8.42. The van der Waals surface area contributed by atoms with Crippen LogP contribution < -0.4 is 15.9 Å². The Morgan fingerprint density at radius 2 is 2.17 bits per heavy atom. The van der Waals surface area contributed by atoms with Gasteiger partial charge >= 0.3 is 0 Å². The highest BCUT2D eigenvalue weighted by Gasteiger charge is 2.25. The lowest BCUT2D eigenvalue weighted by atomic mass is 10.1. The number of hydrogen-bond donors (Lipinski definition) is 2. The van der Waals surface area contributed by atoms with Crippen LogP contribution in [0.5, 0.6) is 5.75 Å². The fraction of sp³-hybridized carbons (Fsp3) is 0.143. The van der Waals surface area contributed by atoms with Crippen molar-refractivity contribution in [1.29, 1.82) is 0 Å². The number of hydrogen-bond acceptors (Lipinski definition) is 7. The number of aryl methyl sites for hydroxylation is 1. The van der Waals surface area contributed by atoms with Crippen molar-refractivity contribution >= 4 is 35.3 Å². The van der Waals surface area contributed by atoms with E-state index in [1.807, 2.05) is 60.2 Å².